The van der Waals surface area contributed by atoms with Crippen LogP contribution in [0.3, 0.4) is 0 Å². The number of thiazole rings is 1. The van der Waals surface area contributed by atoms with Crippen molar-refractivity contribution in [2.75, 3.05) is 5.73 Å². The Morgan fingerprint density at radius 1 is 1.25 bits per heavy atom. The zero-order valence-corrected chi connectivity index (χ0v) is 10.9. The Bertz CT molecular complexity index is 459. The molecule has 0 bridgehead atoms. The van der Waals surface area contributed by atoms with Crippen molar-refractivity contribution in [1.29, 1.82) is 0 Å². The maximum Gasteiger partial charge on any atom is 0.203 e. The highest BCUT2D eigenvalue weighted by Gasteiger charge is 2.14. The van der Waals surface area contributed by atoms with Gasteiger partial charge in [-0.1, -0.05) is 25.2 Å². The molecule has 0 saturated heterocycles. The largest absolute Gasteiger partial charge is 0.374 e. The van der Waals surface area contributed by atoms with Gasteiger partial charge >= 0.3 is 0 Å². The summed E-state index contributed by atoms with van der Waals surface area (Å²) in [6, 6.07) is 0. The number of rotatable bonds is 4. The molecule has 4 nitrogen and oxygen atoms in total. The Morgan fingerprint density at radius 3 is 2.56 bits per heavy atom. The molecule has 0 saturated carbocycles. The molecule has 2 aromatic rings. The van der Waals surface area contributed by atoms with Crippen LogP contribution in [-0.4, -0.2) is 15.2 Å². The van der Waals surface area contributed by atoms with Gasteiger partial charge < -0.3 is 5.73 Å². The van der Waals surface area contributed by atoms with Gasteiger partial charge in [0.05, 0.1) is 9.88 Å². The fraction of sp³-hybridized carbons (Fsp3) is 0.500. The van der Waals surface area contributed by atoms with Crippen molar-refractivity contribution in [3.63, 3.8) is 0 Å². The number of nitrogen functional groups attached to an aromatic ring is 1. The second kappa shape index (κ2) is 4.88. The Labute approximate surface area is 103 Å². The Hall–Kier alpha value is -1.01. The summed E-state index contributed by atoms with van der Waals surface area (Å²) in [4.78, 5) is 5.53. The summed E-state index contributed by atoms with van der Waals surface area (Å²) in [7, 11) is 0. The molecule has 0 aliphatic carbocycles. The first kappa shape index (κ1) is 11.5. The highest BCUT2D eigenvalue weighted by Crippen LogP contribution is 2.34. The van der Waals surface area contributed by atoms with Gasteiger partial charge in [-0.25, -0.2) is 4.98 Å². The average molecular weight is 254 g/mol. The summed E-state index contributed by atoms with van der Waals surface area (Å²) in [5.74, 6) is 0.559. The molecule has 0 aromatic carbocycles. The first-order chi connectivity index (χ1) is 7.74. The zero-order chi connectivity index (χ0) is 11.5. The van der Waals surface area contributed by atoms with E-state index in [1.54, 1.807) is 11.3 Å². The van der Waals surface area contributed by atoms with E-state index in [1.807, 2.05) is 6.20 Å². The molecule has 0 atom stereocenters. The number of aromatic nitrogens is 3. The lowest BCUT2D eigenvalue weighted by molar-refractivity contribution is 0.637. The molecular weight excluding hydrogens is 240 g/mol. The SMILES string of the molecule is CCC(CC)c1ncc(-c2nnc(N)s2)s1. The van der Waals surface area contributed by atoms with Gasteiger partial charge in [0, 0.05) is 12.1 Å². The molecule has 0 aliphatic heterocycles. The summed E-state index contributed by atoms with van der Waals surface area (Å²) >= 11 is 3.10. The lowest BCUT2D eigenvalue weighted by Crippen LogP contribution is -1.92. The summed E-state index contributed by atoms with van der Waals surface area (Å²) in [5.41, 5.74) is 5.56. The minimum atomic E-state index is 0.507. The molecule has 0 radical (unpaired) electrons. The highest BCUT2D eigenvalue weighted by atomic mass is 32.1. The fourth-order valence-corrected chi connectivity index (χ4v) is 3.38. The lowest BCUT2D eigenvalue weighted by atomic mass is 10.1. The first-order valence-electron chi connectivity index (χ1n) is 5.29. The van der Waals surface area contributed by atoms with Crippen LogP contribution in [0.1, 0.15) is 37.6 Å². The number of hydrogen-bond donors (Lipinski definition) is 1. The summed E-state index contributed by atoms with van der Waals surface area (Å²) in [5, 5.41) is 10.4. The van der Waals surface area contributed by atoms with Crippen LogP contribution >= 0.6 is 22.7 Å². The summed E-state index contributed by atoms with van der Waals surface area (Å²) in [6.07, 6.45) is 4.13. The van der Waals surface area contributed by atoms with E-state index in [9.17, 15) is 0 Å². The van der Waals surface area contributed by atoms with Crippen LogP contribution < -0.4 is 5.73 Å². The number of nitrogens with two attached hydrogens (primary N) is 1. The van der Waals surface area contributed by atoms with Gasteiger partial charge in [0.1, 0.15) is 0 Å². The molecule has 2 N–H and O–H groups in total. The Balaban J connectivity index is 2.25. The van der Waals surface area contributed by atoms with Crippen molar-refractivity contribution in [3.05, 3.63) is 11.2 Å². The predicted molar refractivity (Wildman–Crippen MR) is 68.8 cm³/mol. The third-order valence-electron chi connectivity index (χ3n) is 2.51. The third-order valence-corrected chi connectivity index (χ3v) is 4.59. The van der Waals surface area contributed by atoms with Gasteiger partial charge in [0.25, 0.3) is 0 Å². The van der Waals surface area contributed by atoms with E-state index in [0.29, 0.717) is 11.0 Å². The van der Waals surface area contributed by atoms with E-state index in [2.05, 4.69) is 29.0 Å². The maximum atomic E-state index is 5.56. The van der Waals surface area contributed by atoms with Crippen molar-refractivity contribution in [1.82, 2.24) is 15.2 Å². The van der Waals surface area contributed by atoms with E-state index in [4.69, 9.17) is 5.73 Å². The molecule has 2 rings (SSSR count). The molecule has 6 heteroatoms. The third kappa shape index (κ3) is 2.22. The fourth-order valence-electron chi connectivity index (χ4n) is 1.55. The molecule has 0 aliphatic rings. The van der Waals surface area contributed by atoms with Gasteiger partial charge in [-0.3, -0.25) is 0 Å². The van der Waals surface area contributed by atoms with Crippen molar-refractivity contribution in [2.24, 2.45) is 0 Å². The Morgan fingerprint density at radius 2 is 2.00 bits per heavy atom. The van der Waals surface area contributed by atoms with Gasteiger partial charge in [-0.05, 0) is 12.8 Å². The van der Waals surface area contributed by atoms with Crippen LogP contribution in [0.25, 0.3) is 9.88 Å². The summed E-state index contributed by atoms with van der Waals surface area (Å²) in [6.45, 7) is 4.39. The molecule has 2 aromatic heterocycles. The molecule has 0 amide bonds. The normalized spacial score (nSPS) is 11.2. The highest BCUT2D eigenvalue weighted by molar-refractivity contribution is 7.23. The minimum Gasteiger partial charge on any atom is -0.374 e. The monoisotopic (exact) mass is 254 g/mol. The van der Waals surface area contributed by atoms with E-state index in [0.717, 1.165) is 22.7 Å². The average Bonchev–Trinajstić information content (AvgIpc) is 2.89. The molecule has 0 fully saturated rings. The van der Waals surface area contributed by atoms with Crippen LogP contribution in [0.4, 0.5) is 5.13 Å². The van der Waals surface area contributed by atoms with Crippen LogP contribution in [0, 0.1) is 0 Å². The number of nitrogens with zero attached hydrogens (tertiary/aromatic N) is 3. The first-order valence-corrected chi connectivity index (χ1v) is 6.93. The van der Waals surface area contributed by atoms with E-state index >= 15 is 0 Å². The van der Waals surface area contributed by atoms with Gasteiger partial charge in [0.15, 0.2) is 5.01 Å². The molecule has 0 spiro atoms. The topological polar surface area (TPSA) is 64.7 Å². The molecule has 0 unspecified atom stereocenters. The smallest absolute Gasteiger partial charge is 0.203 e. The standard InChI is InChI=1S/C10H14N4S2/c1-3-6(4-2)8-12-5-7(15-8)9-13-14-10(11)16-9/h5-6H,3-4H2,1-2H3,(H2,11,14). The zero-order valence-electron chi connectivity index (χ0n) is 9.30. The Kier molecular flexibility index (Phi) is 3.50. The van der Waals surface area contributed by atoms with Gasteiger partial charge in [-0.2, -0.15) is 0 Å². The van der Waals surface area contributed by atoms with Crippen LogP contribution in [0.5, 0.6) is 0 Å². The molecule has 16 heavy (non-hydrogen) atoms. The van der Waals surface area contributed by atoms with Crippen molar-refractivity contribution < 1.29 is 0 Å². The summed E-state index contributed by atoms with van der Waals surface area (Å²) < 4.78 is 0. The molecular formula is C10H14N4S2. The van der Waals surface area contributed by atoms with E-state index in [1.165, 1.54) is 16.3 Å². The van der Waals surface area contributed by atoms with Crippen LogP contribution in [0.15, 0.2) is 6.20 Å². The van der Waals surface area contributed by atoms with Crippen molar-refractivity contribution in [2.45, 2.75) is 32.6 Å². The lowest BCUT2D eigenvalue weighted by Gasteiger charge is -2.06. The number of anilines is 1. The van der Waals surface area contributed by atoms with Crippen LogP contribution in [0.2, 0.25) is 0 Å². The van der Waals surface area contributed by atoms with Crippen molar-refractivity contribution >= 4 is 27.8 Å². The van der Waals surface area contributed by atoms with Gasteiger partial charge in [-0.15, -0.1) is 21.5 Å². The second-order valence-electron chi connectivity index (χ2n) is 3.52. The second-order valence-corrected chi connectivity index (χ2v) is 5.59. The van der Waals surface area contributed by atoms with E-state index in [-0.39, 0.29) is 0 Å². The predicted octanol–water partition coefficient (Wildman–Crippen LogP) is 3.15. The maximum absolute atomic E-state index is 5.56. The minimum absolute atomic E-state index is 0.507. The quantitative estimate of drug-likeness (QED) is 0.910. The van der Waals surface area contributed by atoms with Crippen LogP contribution in [-0.2, 0) is 0 Å². The van der Waals surface area contributed by atoms with Gasteiger partial charge in [0.2, 0.25) is 5.13 Å². The molecule has 86 valence electrons. The number of hydrogen-bond acceptors (Lipinski definition) is 6. The van der Waals surface area contributed by atoms with E-state index < -0.39 is 0 Å². The van der Waals surface area contributed by atoms with Crippen molar-refractivity contribution in [3.8, 4) is 9.88 Å². The molecule has 2 heterocycles.